The van der Waals surface area contributed by atoms with E-state index in [1.54, 1.807) is 6.07 Å². The van der Waals surface area contributed by atoms with Gasteiger partial charge in [0.2, 0.25) is 0 Å². The van der Waals surface area contributed by atoms with Crippen LogP contribution >= 0.6 is 0 Å². The summed E-state index contributed by atoms with van der Waals surface area (Å²) in [4.78, 5) is 0. The van der Waals surface area contributed by atoms with Crippen LogP contribution in [0.3, 0.4) is 0 Å². The van der Waals surface area contributed by atoms with E-state index >= 15 is 0 Å². The van der Waals surface area contributed by atoms with Gasteiger partial charge in [0.25, 0.3) is 0 Å². The fraction of sp³-hybridized carbons (Fsp3) is 0.538. The van der Waals surface area contributed by atoms with Crippen molar-refractivity contribution in [3.8, 4) is 0 Å². The molecule has 1 N–H and O–H groups in total. The Morgan fingerprint density at radius 3 is 2.61 bits per heavy atom. The van der Waals surface area contributed by atoms with Crippen molar-refractivity contribution < 1.29 is 17.9 Å². The minimum atomic E-state index is -4.28. The van der Waals surface area contributed by atoms with E-state index in [1.807, 2.05) is 0 Å². The van der Waals surface area contributed by atoms with Crippen LogP contribution in [0, 0.1) is 5.92 Å². The molecule has 0 aliphatic carbocycles. The molecule has 0 atom stereocenters. The Labute approximate surface area is 104 Å². The van der Waals surface area contributed by atoms with Crippen LogP contribution in [0.15, 0.2) is 24.3 Å². The van der Waals surface area contributed by atoms with Gasteiger partial charge in [-0.05, 0) is 37.0 Å². The number of anilines is 1. The van der Waals surface area contributed by atoms with E-state index in [-0.39, 0.29) is 0 Å². The molecule has 100 valence electrons. The van der Waals surface area contributed by atoms with Crippen molar-refractivity contribution in [2.45, 2.75) is 19.0 Å². The van der Waals surface area contributed by atoms with Crippen molar-refractivity contribution in [1.82, 2.24) is 0 Å². The van der Waals surface area contributed by atoms with Crippen LogP contribution in [0.4, 0.5) is 18.9 Å². The maximum absolute atomic E-state index is 12.5. The zero-order valence-corrected chi connectivity index (χ0v) is 9.96. The van der Waals surface area contributed by atoms with Gasteiger partial charge >= 0.3 is 6.18 Å². The van der Waals surface area contributed by atoms with E-state index in [0.717, 1.165) is 38.2 Å². The molecule has 1 aliphatic rings. The zero-order chi connectivity index (χ0) is 13.0. The normalized spacial score (nSPS) is 17.7. The molecule has 1 fully saturated rings. The summed E-state index contributed by atoms with van der Waals surface area (Å²) < 4.78 is 42.8. The Balaban J connectivity index is 1.92. The first-order valence-electron chi connectivity index (χ1n) is 6.04. The average molecular weight is 259 g/mol. The summed E-state index contributed by atoms with van der Waals surface area (Å²) in [6, 6.07) is 5.32. The number of alkyl halides is 3. The second-order valence-corrected chi connectivity index (χ2v) is 4.52. The third-order valence-electron chi connectivity index (χ3n) is 3.13. The quantitative estimate of drug-likeness (QED) is 0.896. The summed E-state index contributed by atoms with van der Waals surface area (Å²) in [5.41, 5.74) is -0.0872. The summed E-state index contributed by atoms with van der Waals surface area (Å²) >= 11 is 0. The highest BCUT2D eigenvalue weighted by atomic mass is 19.4. The molecule has 0 radical (unpaired) electrons. The Kier molecular flexibility index (Phi) is 4.11. The lowest BCUT2D eigenvalue weighted by molar-refractivity contribution is -0.137. The Hall–Kier alpha value is -1.23. The van der Waals surface area contributed by atoms with Gasteiger partial charge in [0.05, 0.1) is 5.56 Å². The standard InChI is InChI=1S/C13H16F3NO/c14-13(15,16)11-2-1-3-12(8-11)17-9-10-4-6-18-7-5-10/h1-3,8,10,17H,4-7,9H2. The predicted molar refractivity (Wildman–Crippen MR) is 63.5 cm³/mol. The molecule has 1 saturated heterocycles. The molecule has 0 spiro atoms. The first-order chi connectivity index (χ1) is 8.55. The summed E-state index contributed by atoms with van der Waals surface area (Å²) in [5.74, 6) is 0.480. The van der Waals surface area contributed by atoms with E-state index in [0.29, 0.717) is 18.2 Å². The minimum absolute atomic E-state index is 0.480. The molecule has 2 rings (SSSR count). The molecule has 1 aliphatic heterocycles. The molecular weight excluding hydrogens is 243 g/mol. The smallest absolute Gasteiger partial charge is 0.385 e. The van der Waals surface area contributed by atoms with Crippen molar-refractivity contribution in [2.24, 2.45) is 5.92 Å². The van der Waals surface area contributed by atoms with Crippen LogP contribution in [-0.2, 0) is 10.9 Å². The van der Waals surface area contributed by atoms with E-state index in [9.17, 15) is 13.2 Å². The first-order valence-corrected chi connectivity index (χ1v) is 6.04. The molecule has 5 heteroatoms. The Morgan fingerprint density at radius 1 is 1.22 bits per heavy atom. The summed E-state index contributed by atoms with van der Waals surface area (Å²) in [6.07, 6.45) is -2.35. The van der Waals surface area contributed by atoms with Gasteiger partial charge in [0.1, 0.15) is 0 Å². The van der Waals surface area contributed by atoms with Crippen molar-refractivity contribution in [2.75, 3.05) is 25.1 Å². The number of rotatable bonds is 3. The van der Waals surface area contributed by atoms with Crippen LogP contribution < -0.4 is 5.32 Å². The van der Waals surface area contributed by atoms with Gasteiger partial charge in [0.15, 0.2) is 0 Å². The lowest BCUT2D eigenvalue weighted by Gasteiger charge is -2.22. The van der Waals surface area contributed by atoms with Crippen molar-refractivity contribution in [1.29, 1.82) is 0 Å². The lowest BCUT2D eigenvalue weighted by atomic mass is 10.0. The number of benzene rings is 1. The van der Waals surface area contributed by atoms with Gasteiger partial charge in [-0.1, -0.05) is 6.07 Å². The second kappa shape index (κ2) is 5.61. The Bertz CT molecular complexity index is 386. The third-order valence-corrected chi connectivity index (χ3v) is 3.13. The third kappa shape index (κ3) is 3.63. The van der Waals surface area contributed by atoms with Crippen LogP contribution in [0.2, 0.25) is 0 Å². The van der Waals surface area contributed by atoms with Gasteiger partial charge in [0, 0.05) is 25.4 Å². The summed E-state index contributed by atoms with van der Waals surface area (Å²) in [5, 5.41) is 3.07. The molecule has 0 amide bonds. The van der Waals surface area contributed by atoms with Crippen LogP contribution in [-0.4, -0.2) is 19.8 Å². The first kappa shape index (κ1) is 13.2. The fourth-order valence-electron chi connectivity index (χ4n) is 2.02. The molecule has 0 unspecified atom stereocenters. The highest BCUT2D eigenvalue weighted by Crippen LogP contribution is 2.30. The molecule has 1 aromatic carbocycles. The molecular formula is C13H16F3NO. The molecule has 0 bridgehead atoms. The van der Waals surface area contributed by atoms with Gasteiger partial charge in [-0.15, -0.1) is 0 Å². The lowest BCUT2D eigenvalue weighted by Crippen LogP contribution is -2.22. The maximum Gasteiger partial charge on any atom is 0.416 e. The number of hydrogen-bond donors (Lipinski definition) is 1. The van der Waals surface area contributed by atoms with Crippen molar-refractivity contribution in [3.05, 3.63) is 29.8 Å². The highest BCUT2D eigenvalue weighted by Gasteiger charge is 2.30. The number of hydrogen-bond acceptors (Lipinski definition) is 2. The molecule has 1 heterocycles. The fourth-order valence-corrected chi connectivity index (χ4v) is 2.02. The van der Waals surface area contributed by atoms with E-state index in [4.69, 9.17) is 4.74 Å². The van der Waals surface area contributed by atoms with Crippen LogP contribution in [0.5, 0.6) is 0 Å². The largest absolute Gasteiger partial charge is 0.416 e. The van der Waals surface area contributed by atoms with Gasteiger partial charge in [-0.3, -0.25) is 0 Å². The minimum Gasteiger partial charge on any atom is -0.385 e. The van der Waals surface area contributed by atoms with Gasteiger partial charge in [-0.25, -0.2) is 0 Å². The SMILES string of the molecule is FC(F)(F)c1cccc(NCC2CCOCC2)c1. The number of halogens is 3. The molecule has 18 heavy (non-hydrogen) atoms. The topological polar surface area (TPSA) is 21.3 Å². The zero-order valence-electron chi connectivity index (χ0n) is 9.96. The monoisotopic (exact) mass is 259 g/mol. The molecule has 2 nitrogen and oxygen atoms in total. The van der Waals surface area contributed by atoms with Gasteiger partial charge < -0.3 is 10.1 Å². The molecule has 1 aromatic rings. The average Bonchev–Trinajstić information content (AvgIpc) is 2.37. The van der Waals surface area contributed by atoms with E-state index in [1.165, 1.54) is 6.07 Å². The van der Waals surface area contributed by atoms with Crippen LogP contribution in [0.25, 0.3) is 0 Å². The second-order valence-electron chi connectivity index (χ2n) is 4.52. The number of nitrogens with one attached hydrogen (secondary N) is 1. The van der Waals surface area contributed by atoms with Crippen molar-refractivity contribution >= 4 is 5.69 Å². The number of ether oxygens (including phenoxy) is 1. The summed E-state index contributed by atoms with van der Waals surface area (Å²) in [6.45, 7) is 2.19. The summed E-state index contributed by atoms with van der Waals surface area (Å²) in [7, 11) is 0. The van der Waals surface area contributed by atoms with Crippen LogP contribution in [0.1, 0.15) is 18.4 Å². The van der Waals surface area contributed by atoms with Gasteiger partial charge in [-0.2, -0.15) is 13.2 Å². The molecule has 0 saturated carbocycles. The molecule has 0 aromatic heterocycles. The van der Waals surface area contributed by atoms with E-state index in [2.05, 4.69) is 5.32 Å². The van der Waals surface area contributed by atoms with Crippen molar-refractivity contribution in [3.63, 3.8) is 0 Å². The predicted octanol–water partition coefficient (Wildman–Crippen LogP) is 3.54. The Morgan fingerprint density at radius 2 is 1.94 bits per heavy atom. The van der Waals surface area contributed by atoms with E-state index < -0.39 is 11.7 Å². The highest BCUT2D eigenvalue weighted by molar-refractivity contribution is 5.46. The maximum atomic E-state index is 12.5.